The minimum atomic E-state index is -0.848. The number of pyridine rings is 1. The fourth-order valence-corrected chi connectivity index (χ4v) is 5.58. The van der Waals surface area contributed by atoms with Crippen molar-refractivity contribution in [2.24, 2.45) is 0 Å². The number of nitrogens with zero attached hydrogens (tertiary/aromatic N) is 7. The molecule has 0 spiro atoms. The van der Waals surface area contributed by atoms with E-state index in [-0.39, 0.29) is 12.1 Å². The van der Waals surface area contributed by atoms with Gasteiger partial charge in [0.1, 0.15) is 11.6 Å². The maximum absolute atomic E-state index is 11.5. The highest BCUT2D eigenvalue weighted by Gasteiger charge is 2.45. The Morgan fingerprint density at radius 3 is 2.58 bits per heavy atom. The molecule has 7 rings (SSSR count). The zero-order valence-corrected chi connectivity index (χ0v) is 20.3. The van der Waals surface area contributed by atoms with Gasteiger partial charge in [-0.25, -0.2) is 19.4 Å². The van der Waals surface area contributed by atoms with Gasteiger partial charge in [-0.3, -0.25) is 4.98 Å². The van der Waals surface area contributed by atoms with Crippen molar-refractivity contribution >= 4 is 34.4 Å². The van der Waals surface area contributed by atoms with E-state index < -0.39 is 6.09 Å². The Balaban J connectivity index is 1.30. The Bertz CT molecular complexity index is 1640. The van der Waals surface area contributed by atoms with Crippen LogP contribution in [0.4, 0.5) is 22.2 Å². The zero-order chi connectivity index (χ0) is 25.6. The summed E-state index contributed by atoms with van der Waals surface area (Å²) < 4.78 is 1.92. The number of piperazine rings is 1. The number of amides is 1. The molecule has 2 N–H and O–H groups in total. The molecule has 188 valence electrons. The lowest BCUT2D eigenvalue weighted by molar-refractivity contribution is 0.137. The van der Waals surface area contributed by atoms with Crippen LogP contribution in [0.25, 0.3) is 27.7 Å². The number of aromatic nitrogens is 5. The average molecular weight is 505 g/mol. The minimum absolute atomic E-state index is 0.00436. The van der Waals surface area contributed by atoms with Crippen LogP contribution in [0.15, 0.2) is 85.5 Å². The summed E-state index contributed by atoms with van der Waals surface area (Å²) in [5.41, 5.74) is 4.02. The van der Waals surface area contributed by atoms with Gasteiger partial charge < -0.3 is 20.2 Å². The molecule has 2 saturated heterocycles. The highest BCUT2D eigenvalue weighted by molar-refractivity contribution is 5.95. The second kappa shape index (κ2) is 8.84. The Morgan fingerprint density at radius 2 is 1.82 bits per heavy atom. The minimum Gasteiger partial charge on any atom is -0.465 e. The number of fused-ring (bicyclic) bond motifs is 3. The van der Waals surface area contributed by atoms with Gasteiger partial charge in [-0.15, -0.1) is 5.10 Å². The third-order valence-electron chi connectivity index (χ3n) is 7.35. The third-order valence-corrected chi connectivity index (χ3v) is 7.35. The summed E-state index contributed by atoms with van der Waals surface area (Å²) in [5.74, 6) is 2.11. The van der Waals surface area contributed by atoms with Crippen LogP contribution in [0.3, 0.4) is 0 Å². The number of carbonyl (C=O) groups is 1. The summed E-state index contributed by atoms with van der Waals surface area (Å²) in [4.78, 5) is 28.4. The molecule has 10 nitrogen and oxygen atoms in total. The Kier molecular flexibility index (Phi) is 5.17. The van der Waals surface area contributed by atoms with E-state index in [1.165, 1.54) is 0 Å². The smallest absolute Gasteiger partial charge is 0.407 e. The van der Waals surface area contributed by atoms with E-state index in [0.717, 1.165) is 40.0 Å². The molecular weight excluding hydrogens is 480 g/mol. The number of carboxylic acid groups (broad SMARTS) is 1. The van der Waals surface area contributed by atoms with Gasteiger partial charge in [-0.05, 0) is 35.7 Å². The third kappa shape index (κ3) is 3.78. The number of rotatable bonds is 5. The molecule has 0 radical (unpaired) electrons. The lowest BCUT2D eigenvalue weighted by Gasteiger charge is -2.33. The highest BCUT2D eigenvalue weighted by atomic mass is 16.4. The average Bonchev–Trinajstić information content (AvgIpc) is 3.67. The van der Waals surface area contributed by atoms with E-state index in [2.05, 4.69) is 55.5 Å². The van der Waals surface area contributed by atoms with Gasteiger partial charge in [-0.1, -0.05) is 36.4 Å². The number of likely N-dealkylation sites (tertiary alicyclic amines) is 1. The largest absolute Gasteiger partial charge is 0.465 e. The molecule has 0 unspecified atom stereocenters. The Morgan fingerprint density at radius 1 is 0.921 bits per heavy atom. The van der Waals surface area contributed by atoms with E-state index >= 15 is 0 Å². The van der Waals surface area contributed by atoms with Crippen molar-refractivity contribution in [3.8, 4) is 16.8 Å². The van der Waals surface area contributed by atoms with Crippen molar-refractivity contribution in [3.05, 3.63) is 85.5 Å². The van der Waals surface area contributed by atoms with Crippen LogP contribution >= 0.6 is 0 Å². The first-order valence-corrected chi connectivity index (χ1v) is 12.5. The van der Waals surface area contributed by atoms with Crippen molar-refractivity contribution in [3.63, 3.8) is 0 Å². The van der Waals surface area contributed by atoms with Crippen LogP contribution in [0.2, 0.25) is 0 Å². The van der Waals surface area contributed by atoms with Crippen LogP contribution in [0.1, 0.15) is 6.42 Å². The van der Waals surface area contributed by atoms with Crippen LogP contribution in [0.5, 0.6) is 0 Å². The molecule has 2 aliphatic heterocycles. The maximum Gasteiger partial charge on any atom is 0.407 e. The molecule has 2 fully saturated rings. The molecule has 10 heteroatoms. The summed E-state index contributed by atoms with van der Waals surface area (Å²) in [6.07, 6.45) is 6.70. The van der Waals surface area contributed by atoms with E-state index in [1.807, 2.05) is 35.0 Å². The maximum atomic E-state index is 11.5. The fourth-order valence-electron chi connectivity index (χ4n) is 5.58. The lowest BCUT2D eigenvalue weighted by atomic mass is 10.0. The molecule has 5 heterocycles. The van der Waals surface area contributed by atoms with Gasteiger partial charge in [0.05, 0.1) is 29.5 Å². The van der Waals surface area contributed by atoms with E-state index in [9.17, 15) is 9.90 Å². The highest BCUT2D eigenvalue weighted by Crippen LogP contribution is 2.36. The number of hydrogen-bond donors (Lipinski definition) is 2. The standard InChI is InChI=1S/C28H24N8O2/c37-28(38)35-17-21-13-22(35)16-34(21)26-14-20(8-9-31-26)36-24-12-19(18-4-2-1-3-5-18)6-7-23(24)27(33-36)32-25-15-29-10-11-30-25/h1-12,14-15,21-22H,13,16-17H2,(H,37,38)(H,30,32,33)/t21-,22-/m0/s1. The first-order chi connectivity index (χ1) is 18.6. The van der Waals surface area contributed by atoms with Crippen LogP contribution in [-0.4, -0.2) is 66.0 Å². The summed E-state index contributed by atoms with van der Waals surface area (Å²) >= 11 is 0. The topological polar surface area (TPSA) is 112 Å². The van der Waals surface area contributed by atoms with Crippen molar-refractivity contribution in [1.82, 2.24) is 29.6 Å². The van der Waals surface area contributed by atoms with Gasteiger partial charge in [0.15, 0.2) is 5.82 Å². The summed E-state index contributed by atoms with van der Waals surface area (Å²) in [6, 6.07) is 20.7. The van der Waals surface area contributed by atoms with Crippen LogP contribution in [0, 0.1) is 0 Å². The van der Waals surface area contributed by atoms with E-state index in [4.69, 9.17) is 5.10 Å². The van der Waals surface area contributed by atoms with Crippen molar-refractivity contribution in [2.45, 2.75) is 18.5 Å². The lowest BCUT2D eigenvalue weighted by Crippen LogP contribution is -2.48. The van der Waals surface area contributed by atoms with Gasteiger partial charge in [0.2, 0.25) is 0 Å². The van der Waals surface area contributed by atoms with Gasteiger partial charge in [-0.2, -0.15) is 0 Å². The number of nitrogens with one attached hydrogen (secondary N) is 1. The predicted molar refractivity (Wildman–Crippen MR) is 144 cm³/mol. The number of benzene rings is 2. The molecular formula is C28H24N8O2. The molecule has 3 aromatic heterocycles. The summed E-state index contributed by atoms with van der Waals surface area (Å²) in [5, 5.41) is 18.7. The molecule has 0 aliphatic carbocycles. The fraction of sp³-hybridized carbons (Fsp3) is 0.179. The predicted octanol–water partition coefficient (Wildman–Crippen LogP) is 4.56. The Hall–Kier alpha value is -4.99. The summed E-state index contributed by atoms with van der Waals surface area (Å²) in [7, 11) is 0. The monoisotopic (exact) mass is 504 g/mol. The number of hydrogen-bond acceptors (Lipinski definition) is 7. The summed E-state index contributed by atoms with van der Waals surface area (Å²) in [6.45, 7) is 1.15. The van der Waals surface area contributed by atoms with Crippen LogP contribution < -0.4 is 10.2 Å². The van der Waals surface area contributed by atoms with Crippen molar-refractivity contribution < 1.29 is 9.90 Å². The quantitative estimate of drug-likeness (QED) is 0.358. The number of anilines is 3. The van der Waals surface area contributed by atoms with E-state index in [0.29, 0.717) is 24.7 Å². The molecule has 2 aromatic carbocycles. The first-order valence-electron chi connectivity index (χ1n) is 12.5. The first kappa shape index (κ1) is 22.2. The molecule has 0 saturated carbocycles. The van der Waals surface area contributed by atoms with Crippen LogP contribution in [-0.2, 0) is 0 Å². The molecule has 2 atom stereocenters. The van der Waals surface area contributed by atoms with Crippen molar-refractivity contribution in [2.75, 3.05) is 23.3 Å². The van der Waals surface area contributed by atoms with E-state index in [1.54, 1.807) is 29.7 Å². The second-order valence-electron chi connectivity index (χ2n) is 9.58. The molecule has 2 aliphatic rings. The SMILES string of the molecule is O=C(O)N1C[C@@H]2C[C@H]1CN2c1cc(-n2nc(Nc3cnccn3)c3ccc(-c4ccccc4)cc32)ccn1. The zero-order valence-electron chi connectivity index (χ0n) is 20.3. The molecule has 38 heavy (non-hydrogen) atoms. The van der Waals surface area contributed by atoms with Gasteiger partial charge in [0.25, 0.3) is 0 Å². The van der Waals surface area contributed by atoms with Gasteiger partial charge in [0, 0.05) is 43.1 Å². The van der Waals surface area contributed by atoms with Gasteiger partial charge >= 0.3 is 6.09 Å². The Labute approximate surface area is 218 Å². The van der Waals surface area contributed by atoms with Crippen molar-refractivity contribution in [1.29, 1.82) is 0 Å². The second-order valence-corrected chi connectivity index (χ2v) is 9.58. The molecule has 5 aromatic rings. The molecule has 2 bridgehead atoms. The molecule has 1 amide bonds. The normalized spacial score (nSPS) is 18.3.